The largest absolute Gasteiger partial charge is 0.444 e. The minimum atomic E-state index is -3.47. The van der Waals surface area contributed by atoms with E-state index in [0.29, 0.717) is 17.7 Å². The molecule has 0 unspecified atom stereocenters. The Labute approximate surface area is 208 Å². The predicted molar refractivity (Wildman–Crippen MR) is 135 cm³/mol. The summed E-state index contributed by atoms with van der Waals surface area (Å²) in [6, 6.07) is 5.76. The fourth-order valence-corrected chi connectivity index (χ4v) is 5.05. The van der Waals surface area contributed by atoms with Crippen LogP contribution in [-0.4, -0.2) is 62.5 Å². The van der Waals surface area contributed by atoms with Crippen LogP contribution in [0, 0.1) is 10.1 Å². The second kappa shape index (κ2) is 11.1. The molecule has 1 heterocycles. The molecule has 1 aromatic rings. The van der Waals surface area contributed by atoms with E-state index in [0.717, 1.165) is 4.41 Å². The molecule has 0 aromatic heterocycles. The quantitative estimate of drug-likeness (QED) is 0.289. The summed E-state index contributed by atoms with van der Waals surface area (Å²) in [5.41, 5.74) is 3.83. The molecule has 1 fully saturated rings. The van der Waals surface area contributed by atoms with Crippen molar-refractivity contribution in [2.45, 2.75) is 65.0 Å². The number of carbonyl (C=O) groups is 1. The molecular weight excluding hydrogens is 492 g/mol. The van der Waals surface area contributed by atoms with Crippen LogP contribution < -0.4 is 5.43 Å². The smallest absolute Gasteiger partial charge is 0.414 e. The molecule has 11 nitrogen and oxygen atoms in total. The topological polar surface area (TPSA) is 131 Å². The molecule has 1 aliphatic heterocycles. The fourth-order valence-electron chi connectivity index (χ4n) is 3.11. The van der Waals surface area contributed by atoms with Gasteiger partial charge in [-0.25, -0.2) is 13.2 Å². The lowest BCUT2D eigenvalue weighted by Gasteiger charge is -2.38. The van der Waals surface area contributed by atoms with E-state index in [1.165, 1.54) is 42.4 Å². The van der Waals surface area contributed by atoms with Crippen molar-refractivity contribution in [1.82, 2.24) is 14.7 Å². The van der Waals surface area contributed by atoms with E-state index in [9.17, 15) is 23.3 Å². The van der Waals surface area contributed by atoms with Crippen LogP contribution in [-0.2, 0) is 25.8 Å². The number of amides is 1. The van der Waals surface area contributed by atoms with Crippen LogP contribution in [0.25, 0.3) is 0 Å². The zero-order chi connectivity index (χ0) is 26.6. The maximum atomic E-state index is 13.0. The van der Waals surface area contributed by atoms with Crippen molar-refractivity contribution in [1.29, 1.82) is 0 Å². The highest BCUT2D eigenvalue weighted by Crippen LogP contribution is 2.39. The first-order chi connectivity index (χ1) is 16.1. The molecule has 0 aliphatic carbocycles. The van der Waals surface area contributed by atoms with Gasteiger partial charge in [-0.05, 0) is 42.8 Å². The van der Waals surface area contributed by atoms with E-state index in [-0.39, 0.29) is 35.7 Å². The van der Waals surface area contributed by atoms with Gasteiger partial charge in [0.25, 0.3) is 5.69 Å². The Bertz CT molecular complexity index is 1050. The van der Waals surface area contributed by atoms with E-state index in [2.05, 4.69) is 39.3 Å². The number of hydrogen-bond acceptors (Lipinski definition) is 8. The molecule has 1 aromatic carbocycles. The highest BCUT2D eigenvalue weighted by atomic mass is 32.2. The van der Waals surface area contributed by atoms with E-state index >= 15 is 0 Å². The van der Waals surface area contributed by atoms with Gasteiger partial charge in [0, 0.05) is 37.5 Å². The highest BCUT2D eigenvalue weighted by molar-refractivity contribution is 7.88. The summed E-state index contributed by atoms with van der Waals surface area (Å²) in [4.78, 5) is 24.7. The monoisotopic (exact) mass is 528 g/mol. The van der Waals surface area contributed by atoms with Gasteiger partial charge >= 0.3 is 6.09 Å². The van der Waals surface area contributed by atoms with Crippen LogP contribution in [0.4, 0.5) is 10.5 Å². The summed E-state index contributed by atoms with van der Waals surface area (Å²) in [6.07, 6.45) is 1.02. The molecule has 1 N–H and O–H groups in total. The molecule has 13 heteroatoms. The van der Waals surface area contributed by atoms with E-state index in [1.54, 1.807) is 6.92 Å². The number of carbonyl (C=O) groups excluding carboxylic acids is 1. The summed E-state index contributed by atoms with van der Waals surface area (Å²) in [7, 11) is -4.20. The average molecular weight is 529 g/mol. The Morgan fingerprint density at radius 3 is 2.43 bits per heavy atom. The highest BCUT2D eigenvalue weighted by Gasteiger charge is 2.42. The first-order valence-electron chi connectivity index (χ1n) is 11.3. The van der Waals surface area contributed by atoms with Crippen molar-refractivity contribution in [3.63, 3.8) is 0 Å². The van der Waals surface area contributed by atoms with Crippen LogP contribution >= 0.6 is 0 Å². The minimum Gasteiger partial charge on any atom is -0.444 e. The van der Waals surface area contributed by atoms with Gasteiger partial charge in [0.15, 0.2) is 8.32 Å². The third-order valence-corrected chi connectivity index (χ3v) is 12.6. The van der Waals surface area contributed by atoms with Crippen molar-refractivity contribution < 1.29 is 27.3 Å². The van der Waals surface area contributed by atoms with Gasteiger partial charge in [-0.15, -0.1) is 4.41 Å². The normalized spacial score (nSPS) is 18.2. The number of sulfonamides is 1. The molecule has 0 bridgehead atoms. The zero-order valence-electron chi connectivity index (χ0n) is 21.4. The second-order valence-corrected chi connectivity index (χ2v) is 17.0. The van der Waals surface area contributed by atoms with Crippen LogP contribution in [0.15, 0.2) is 36.2 Å². The maximum absolute atomic E-state index is 13.0. The van der Waals surface area contributed by atoms with Gasteiger partial charge in [-0.1, -0.05) is 20.8 Å². The molecule has 1 atom stereocenters. The predicted octanol–water partition coefficient (Wildman–Crippen LogP) is 3.96. The van der Waals surface area contributed by atoms with E-state index in [1.807, 2.05) is 0 Å². The standard InChI is InChI=1S/C22H36N4O7SSi/c1-8-34(30,31)24(5)23-14-19-13-20(33-35(6,7)22(2,3)4)15-25(19)21(27)32-16-17-9-11-18(12-10-17)26(28)29/h9-12,14,20,23H,8,13,15-16H2,1-7H3/t20-/m1/s1. The number of rotatable bonds is 9. The summed E-state index contributed by atoms with van der Waals surface area (Å²) in [6.45, 7) is 12.4. The first kappa shape index (κ1) is 28.8. The zero-order valence-corrected chi connectivity index (χ0v) is 23.2. The molecule has 1 aliphatic rings. The molecule has 1 amide bonds. The van der Waals surface area contributed by atoms with Crippen molar-refractivity contribution in [2.75, 3.05) is 19.3 Å². The third-order valence-electron chi connectivity index (χ3n) is 6.36. The van der Waals surface area contributed by atoms with Crippen molar-refractivity contribution in [2.24, 2.45) is 0 Å². The number of hydrazine groups is 1. The van der Waals surface area contributed by atoms with Crippen molar-refractivity contribution >= 4 is 30.1 Å². The van der Waals surface area contributed by atoms with Crippen molar-refractivity contribution in [3.05, 3.63) is 51.8 Å². The van der Waals surface area contributed by atoms with Crippen LogP contribution in [0.5, 0.6) is 0 Å². The number of nitrogens with zero attached hydrogens (tertiary/aromatic N) is 3. The lowest BCUT2D eigenvalue weighted by atomic mass is 10.2. The number of nitro groups is 1. The number of non-ortho nitro benzene ring substituents is 1. The van der Waals surface area contributed by atoms with E-state index < -0.39 is 29.4 Å². The summed E-state index contributed by atoms with van der Waals surface area (Å²) in [5.74, 6) is -0.0717. The number of nitro benzene ring substituents is 1. The third kappa shape index (κ3) is 7.50. The lowest BCUT2D eigenvalue weighted by molar-refractivity contribution is -0.384. The SMILES string of the molecule is CCS(=O)(=O)N(C)NC=C1C[C@@H](O[Si](C)(C)C(C)(C)C)CN1C(=O)OCc1ccc([N+](=O)[O-])cc1. The molecular formula is C22H36N4O7SSi. The number of ether oxygens (including phenoxy) is 1. The Kier molecular flexibility index (Phi) is 9.08. The summed E-state index contributed by atoms with van der Waals surface area (Å²) < 4.78 is 37.1. The number of benzene rings is 1. The fraction of sp³-hybridized carbons (Fsp3) is 0.591. The summed E-state index contributed by atoms with van der Waals surface area (Å²) >= 11 is 0. The molecule has 1 saturated heterocycles. The second-order valence-electron chi connectivity index (χ2n) is 9.93. The molecule has 196 valence electrons. The number of nitrogens with one attached hydrogen (secondary N) is 1. The van der Waals surface area contributed by atoms with Gasteiger partial charge in [0.1, 0.15) is 6.61 Å². The molecule has 0 radical (unpaired) electrons. The molecule has 35 heavy (non-hydrogen) atoms. The Morgan fingerprint density at radius 1 is 1.31 bits per heavy atom. The minimum absolute atomic E-state index is 0.0194. The molecule has 0 saturated carbocycles. The van der Waals surface area contributed by atoms with E-state index in [4.69, 9.17) is 9.16 Å². The number of likely N-dealkylation sites (tertiary alicyclic amines) is 1. The Balaban J connectivity index is 2.18. The number of hydrogen-bond donors (Lipinski definition) is 1. The van der Waals surface area contributed by atoms with Crippen LogP contribution in [0.1, 0.15) is 39.7 Å². The van der Waals surface area contributed by atoms with Gasteiger partial charge in [0.2, 0.25) is 10.0 Å². The molecule has 0 spiro atoms. The van der Waals surface area contributed by atoms with Crippen molar-refractivity contribution in [3.8, 4) is 0 Å². The maximum Gasteiger partial charge on any atom is 0.414 e. The van der Waals surface area contributed by atoms with Crippen LogP contribution in [0.3, 0.4) is 0 Å². The molecule has 2 rings (SSSR count). The average Bonchev–Trinajstić information content (AvgIpc) is 3.17. The summed E-state index contributed by atoms with van der Waals surface area (Å²) in [5, 5.41) is 10.8. The Hall–Kier alpha value is -2.48. The van der Waals surface area contributed by atoms with Gasteiger partial charge in [-0.3, -0.25) is 15.0 Å². The van der Waals surface area contributed by atoms with Crippen LogP contribution in [0.2, 0.25) is 18.1 Å². The first-order valence-corrected chi connectivity index (χ1v) is 15.9. The lowest BCUT2D eigenvalue weighted by Crippen LogP contribution is -2.44. The Morgan fingerprint density at radius 2 is 1.91 bits per heavy atom. The van der Waals surface area contributed by atoms with Gasteiger partial charge in [0.05, 0.1) is 23.3 Å². The van der Waals surface area contributed by atoms with Gasteiger partial charge in [-0.2, -0.15) is 0 Å². The van der Waals surface area contributed by atoms with Gasteiger partial charge < -0.3 is 14.6 Å².